The Hall–Kier alpha value is -2.09. The molecule has 0 N–H and O–H groups in total. The number of thiocarbonyl (C=S) groups is 1. The number of hydrogen-bond donors (Lipinski definition) is 0. The molecule has 1 aliphatic heterocycles. The lowest BCUT2D eigenvalue weighted by molar-refractivity contribution is -0.113. The Bertz CT molecular complexity index is 978. The minimum atomic E-state index is -0.554. The van der Waals surface area contributed by atoms with Gasteiger partial charge in [0, 0.05) is 0 Å². The fourth-order valence-electron chi connectivity index (χ4n) is 2.59. The molecular weight excluding hydrogens is 421 g/mol. The zero-order valence-electron chi connectivity index (χ0n) is 15.4. The summed E-state index contributed by atoms with van der Waals surface area (Å²) in [6.45, 7) is 3.86. The SMILES string of the molecule is COc1cc(/C=C2/SC(=S)N(c3ccc(F)c(Cl)c3)C2=O)ccc1OC(C)C. The molecule has 0 saturated carbocycles. The largest absolute Gasteiger partial charge is 0.493 e. The number of carbonyl (C=O) groups is 1. The van der Waals surface area contributed by atoms with Crippen molar-refractivity contribution in [3.63, 3.8) is 0 Å². The number of benzene rings is 2. The van der Waals surface area contributed by atoms with Crippen molar-refractivity contribution < 1.29 is 18.7 Å². The van der Waals surface area contributed by atoms with E-state index >= 15 is 0 Å². The van der Waals surface area contributed by atoms with Crippen LogP contribution in [-0.4, -0.2) is 23.4 Å². The third kappa shape index (κ3) is 4.32. The van der Waals surface area contributed by atoms with Gasteiger partial charge in [-0.2, -0.15) is 0 Å². The molecule has 2 aromatic carbocycles. The van der Waals surface area contributed by atoms with Crippen molar-refractivity contribution in [2.45, 2.75) is 20.0 Å². The maximum atomic E-state index is 13.4. The molecule has 28 heavy (non-hydrogen) atoms. The average molecular weight is 438 g/mol. The van der Waals surface area contributed by atoms with Crippen LogP contribution in [0.4, 0.5) is 10.1 Å². The predicted octanol–water partition coefficient (Wildman–Crippen LogP) is 5.68. The average Bonchev–Trinajstić information content (AvgIpc) is 2.92. The molecule has 1 saturated heterocycles. The summed E-state index contributed by atoms with van der Waals surface area (Å²) < 4.78 is 24.9. The minimum absolute atomic E-state index is 0.0125. The molecular formula is C20H17ClFNO3S2. The Morgan fingerprint density at radius 1 is 1.21 bits per heavy atom. The number of nitrogens with zero attached hydrogens (tertiary/aromatic N) is 1. The third-order valence-corrected chi connectivity index (χ3v) is 5.40. The van der Waals surface area contributed by atoms with E-state index in [4.69, 9.17) is 33.3 Å². The molecule has 0 radical (unpaired) electrons. The summed E-state index contributed by atoms with van der Waals surface area (Å²) in [5, 5.41) is -0.0685. The molecule has 1 heterocycles. The van der Waals surface area contributed by atoms with E-state index in [1.165, 1.54) is 34.9 Å². The first-order valence-electron chi connectivity index (χ1n) is 8.38. The second-order valence-electron chi connectivity index (χ2n) is 6.19. The molecule has 0 bridgehead atoms. The van der Waals surface area contributed by atoms with Gasteiger partial charge in [0.25, 0.3) is 5.91 Å². The zero-order valence-corrected chi connectivity index (χ0v) is 17.8. The highest BCUT2D eigenvalue weighted by Crippen LogP contribution is 2.38. The van der Waals surface area contributed by atoms with Gasteiger partial charge in [-0.1, -0.05) is 41.6 Å². The van der Waals surface area contributed by atoms with Gasteiger partial charge in [-0.15, -0.1) is 0 Å². The Kier molecular flexibility index (Phi) is 6.27. The molecule has 2 aromatic rings. The molecule has 0 aliphatic carbocycles. The number of methoxy groups -OCH3 is 1. The highest BCUT2D eigenvalue weighted by molar-refractivity contribution is 8.27. The number of amides is 1. The van der Waals surface area contributed by atoms with Gasteiger partial charge in [0.05, 0.1) is 28.8 Å². The number of anilines is 1. The molecule has 8 heteroatoms. The minimum Gasteiger partial charge on any atom is -0.493 e. The summed E-state index contributed by atoms with van der Waals surface area (Å²) in [6, 6.07) is 9.48. The van der Waals surface area contributed by atoms with Gasteiger partial charge < -0.3 is 9.47 Å². The van der Waals surface area contributed by atoms with E-state index in [1.54, 1.807) is 25.3 Å². The number of hydrogen-bond acceptors (Lipinski definition) is 5. The molecule has 1 fully saturated rings. The first-order valence-corrected chi connectivity index (χ1v) is 9.98. The van der Waals surface area contributed by atoms with E-state index in [2.05, 4.69) is 0 Å². The standard InChI is InChI=1S/C20H17ClFNO3S2/c1-11(2)26-16-7-4-12(8-17(16)25-3)9-18-19(24)23(20(27)28-18)13-5-6-15(22)14(21)10-13/h4-11H,1-3H3/b18-9+. The van der Waals surface area contributed by atoms with Crippen LogP contribution < -0.4 is 14.4 Å². The summed E-state index contributed by atoms with van der Waals surface area (Å²) in [5.74, 6) is 0.354. The van der Waals surface area contributed by atoms with E-state index in [0.29, 0.717) is 26.4 Å². The van der Waals surface area contributed by atoms with Crippen molar-refractivity contribution in [3.8, 4) is 11.5 Å². The highest BCUT2D eigenvalue weighted by Gasteiger charge is 2.33. The number of thioether (sulfide) groups is 1. The smallest absolute Gasteiger partial charge is 0.270 e. The molecule has 0 atom stereocenters. The van der Waals surface area contributed by atoms with E-state index < -0.39 is 5.82 Å². The predicted molar refractivity (Wildman–Crippen MR) is 116 cm³/mol. The third-order valence-electron chi connectivity index (χ3n) is 3.80. The van der Waals surface area contributed by atoms with Crippen LogP contribution in [0.25, 0.3) is 6.08 Å². The van der Waals surface area contributed by atoms with Crippen molar-refractivity contribution in [1.82, 2.24) is 0 Å². The Labute approximate surface area is 177 Å². The van der Waals surface area contributed by atoms with Gasteiger partial charge in [0.1, 0.15) is 5.82 Å². The van der Waals surface area contributed by atoms with Crippen molar-refractivity contribution in [1.29, 1.82) is 0 Å². The molecule has 0 spiro atoms. The Morgan fingerprint density at radius 2 is 1.96 bits per heavy atom. The molecule has 4 nitrogen and oxygen atoms in total. The lowest BCUT2D eigenvalue weighted by atomic mass is 10.1. The van der Waals surface area contributed by atoms with Crippen LogP contribution >= 0.6 is 35.6 Å². The zero-order chi connectivity index (χ0) is 20.4. The molecule has 1 amide bonds. The molecule has 146 valence electrons. The van der Waals surface area contributed by atoms with E-state index in [9.17, 15) is 9.18 Å². The summed E-state index contributed by atoms with van der Waals surface area (Å²) in [5.41, 5.74) is 1.20. The Balaban J connectivity index is 1.90. The van der Waals surface area contributed by atoms with Crippen molar-refractivity contribution in [2.24, 2.45) is 0 Å². The van der Waals surface area contributed by atoms with Crippen molar-refractivity contribution >= 4 is 57.6 Å². The van der Waals surface area contributed by atoms with E-state index in [-0.39, 0.29) is 17.0 Å². The highest BCUT2D eigenvalue weighted by atomic mass is 35.5. The van der Waals surface area contributed by atoms with Gasteiger partial charge in [0.15, 0.2) is 15.8 Å². The molecule has 3 rings (SSSR count). The molecule has 0 unspecified atom stereocenters. The maximum Gasteiger partial charge on any atom is 0.270 e. The van der Waals surface area contributed by atoms with Crippen LogP contribution in [0.15, 0.2) is 41.3 Å². The fourth-order valence-corrected chi connectivity index (χ4v) is 4.06. The first-order chi connectivity index (χ1) is 13.3. The molecule has 0 aromatic heterocycles. The van der Waals surface area contributed by atoms with Gasteiger partial charge in [-0.05, 0) is 55.8 Å². The summed E-state index contributed by atoms with van der Waals surface area (Å²) in [6.07, 6.45) is 1.74. The van der Waals surface area contributed by atoms with Gasteiger partial charge in [0.2, 0.25) is 0 Å². The molecule has 1 aliphatic rings. The number of ether oxygens (including phenoxy) is 2. The van der Waals surface area contributed by atoms with E-state index in [1.807, 2.05) is 19.9 Å². The van der Waals surface area contributed by atoms with Crippen molar-refractivity contribution in [3.05, 3.63) is 57.7 Å². The summed E-state index contributed by atoms with van der Waals surface area (Å²) >= 11 is 12.3. The van der Waals surface area contributed by atoms with Crippen LogP contribution in [0.3, 0.4) is 0 Å². The van der Waals surface area contributed by atoms with Crippen LogP contribution in [0.5, 0.6) is 11.5 Å². The topological polar surface area (TPSA) is 38.8 Å². The number of rotatable bonds is 5. The normalized spacial score (nSPS) is 15.6. The number of carbonyl (C=O) groups excluding carboxylic acids is 1. The van der Waals surface area contributed by atoms with Crippen molar-refractivity contribution in [2.75, 3.05) is 12.0 Å². The van der Waals surface area contributed by atoms with Crippen LogP contribution in [0, 0.1) is 5.82 Å². The second-order valence-corrected chi connectivity index (χ2v) is 8.28. The van der Waals surface area contributed by atoms with Crippen LogP contribution in [-0.2, 0) is 4.79 Å². The Morgan fingerprint density at radius 3 is 2.61 bits per heavy atom. The monoisotopic (exact) mass is 437 g/mol. The first kappa shape index (κ1) is 20.6. The summed E-state index contributed by atoms with van der Waals surface area (Å²) in [7, 11) is 1.56. The van der Waals surface area contributed by atoms with Gasteiger partial charge >= 0.3 is 0 Å². The van der Waals surface area contributed by atoms with Gasteiger partial charge in [-0.25, -0.2) is 4.39 Å². The number of halogens is 2. The lowest BCUT2D eigenvalue weighted by Crippen LogP contribution is -2.27. The van der Waals surface area contributed by atoms with Crippen LogP contribution in [0.2, 0.25) is 5.02 Å². The van der Waals surface area contributed by atoms with E-state index in [0.717, 1.165) is 5.56 Å². The van der Waals surface area contributed by atoms with Crippen LogP contribution in [0.1, 0.15) is 19.4 Å². The fraction of sp³-hybridized carbons (Fsp3) is 0.200. The maximum absolute atomic E-state index is 13.4. The quantitative estimate of drug-likeness (QED) is 0.444. The van der Waals surface area contributed by atoms with Gasteiger partial charge in [-0.3, -0.25) is 9.69 Å². The lowest BCUT2D eigenvalue weighted by Gasteiger charge is -2.15. The summed E-state index contributed by atoms with van der Waals surface area (Å²) in [4.78, 5) is 14.6. The second kappa shape index (κ2) is 8.51.